The number of rotatable bonds is 7. The molecule has 1 aliphatic heterocycles. The van der Waals surface area contributed by atoms with Gasteiger partial charge in [0.15, 0.2) is 0 Å². The zero-order valence-electron chi connectivity index (χ0n) is 18.8. The number of likely N-dealkylation sites (tertiary alicyclic amines) is 1. The molecular formula is C24H31F3N2O3S. The molecule has 0 bridgehead atoms. The first-order valence-electron chi connectivity index (χ1n) is 11.6. The van der Waals surface area contributed by atoms with Crippen LogP contribution < -0.4 is 9.46 Å². The molecule has 9 heteroatoms. The van der Waals surface area contributed by atoms with Crippen molar-refractivity contribution in [3.05, 3.63) is 52.5 Å². The number of hydrogen-bond donors (Lipinski definition) is 1. The van der Waals surface area contributed by atoms with Crippen LogP contribution in [0.25, 0.3) is 0 Å². The Labute approximate surface area is 193 Å². The summed E-state index contributed by atoms with van der Waals surface area (Å²) in [5.41, 5.74) is 0.218. The van der Waals surface area contributed by atoms with Gasteiger partial charge in [-0.2, -0.15) is 13.2 Å². The second kappa shape index (κ2) is 9.80. The second-order valence-electron chi connectivity index (χ2n) is 9.35. The van der Waals surface area contributed by atoms with Crippen LogP contribution in [0.3, 0.4) is 0 Å². The van der Waals surface area contributed by atoms with E-state index < -0.39 is 27.7 Å². The maximum Gasteiger partial charge on any atom is 0.416 e. The molecule has 1 heterocycles. The van der Waals surface area contributed by atoms with Crippen molar-refractivity contribution in [3.8, 4) is 5.75 Å². The third kappa shape index (κ3) is 6.19. The summed E-state index contributed by atoms with van der Waals surface area (Å²) in [6.07, 6.45) is 2.93. The summed E-state index contributed by atoms with van der Waals surface area (Å²) in [5, 5.41) is 0. The number of nitrogens with one attached hydrogen (secondary N) is 1. The van der Waals surface area contributed by atoms with E-state index in [1.165, 1.54) is 12.8 Å². The number of allylic oxidation sites excluding steroid dienone is 4. The minimum absolute atomic E-state index is 0.0544. The molecule has 2 aliphatic carbocycles. The largest absolute Gasteiger partial charge is 0.490 e. The summed E-state index contributed by atoms with van der Waals surface area (Å²) in [5.74, 6) is 0.385. The molecule has 2 atom stereocenters. The van der Waals surface area contributed by atoms with E-state index in [4.69, 9.17) is 4.74 Å². The van der Waals surface area contributed by atoms with Gasteiger partial charge in [-0.05, 0) is 68.2 Å². The van der Waals surface area contributed by atoms with Gasteiger partial charge in [0.25, 0.3) is 0 Å². The quantitative estimate of drug-likeness (QED) is 0.597. The lowest BCUT2D eigenvalue weighted by atomic mass is 9.98. The molecule has 1 N–H and O–H groups in total. The van der Waals surface area contributed by atoms with Gasteiger partial charge in [0.2, 0.25) is 10.0 Å². The van der Waals surface area contributed by atoms with E-state index in [-0.39, 0.29) is 17.4 Å². The van der Waals surface area contributed by atoms with Crippen LogP contribution in [0.2, 0.25) is 0 Å². The van der Waals surface area contributed by atoms with E-state index in [0.717, 1.165) is 42.9 Å². The van der Waals surface area contributed by atoms with Crippen molar-refractivity contribution in [2.75, 3.05) is 13.1 Å². The minimum atomic E-state index is -4.55. The van der Waals surface area contributed by atoms with Crippen molar-refractivity contribution in [2.24, 2.45) is 5.92 Å². The fraction of sp³-hybridized carbons (Fsp3) is 0.583. The van der Waals surface area contributed by atoms with E-state index in [1.54, 1.807) is 6.92 Å². The molecule has 1 aromatic rings. The maximum atomic E-state index is 13.1. The van der Waals surface area contributed by atoms with Crippen molar-refractivity contribution in [1.82, 2.24) is 9.62 Å². The summed E-state index contributed by atoms with van der Waals surface area (Å²) in [6.45, 7) is 3.55. The van der Waals surface area contributed by atoms with E-state index >= 15 is 0 Å². The third-order valence-corrected chi connectivity index (χ3v) is 8.43. The summed E-state index contributed by atoms with van der Waals surface area (Å²) < 4.78 is 73.6. The maximum absolute atomic E-state index is 13.1. The first-order chi connectivity index (χ1) is 15.6. The summed E-state index contributed by atoms with van der Waals surface area (Å²) >= 11 is 0. The SMILES string of the molecule is CC1CC=C(C(F)(F)F)C=C1S(=O)(=O)NC1CCN(Cc2ccc(OC3CCCC3)cc2)C1. The van der Waals surface area contributed by atoms with Crippen LogP contribution in [0.4, 0.5) is 13.2 Å². The van der Waals surface area contributed by atoms with Crippen LogP contribution in [-0.2, 0) is 16.6 Å². The van der Waals surface area contributed by atoms with E-state index in [0.29, 0.717) is 25.6 Å². The Morgan fingerprint density at radius 1 is 1.12 bits per heavy atom. The van der Waals surface area contributed by atoms with Crippen molar-refractivity contribution in [1.29, 1.82) is 0 Å². The van der Waals surface area contributed by atoms with Crippen molar-refractivity contribution < 1.29 is 26.3 Å². The smallest absolute Gasteiger partial charge is 0.416 e. The molecule has 5 nitrogen and oxygen atoms in total. The first-order valence-corrected chi connectivity index (χ1v) is 13.1. The number of alkyl halides is 3. The standard InChI is InChI=1S/C24H31F3N2O3S/c1-17-6-9-19(24(25,26)27)14-23(17)33(30,31)28-20-12-13-29(16-20)15-18-7-10-22(11-8-18)32-21-4-2-3-5-21/h7-11,14,17,20-21,28H,2-6,12-13,15-16H2,1H3. The molecule has 3 aliphatic rings. The van der Waals surface area contributed by atoms with Gasteiger partial charge in [-0.25, -0.2) is 13.1 Å². The van der Waals surface area contributed by atoms with Gasteiger partial charge in [-0.1, -0.05) is 25.1 Å². The number of hydrogen-bond acceptors (Lipinski definition) is 4. The Balaban J connectivity index is 1.32. The van der Waals surface area contributed by atoms with Crippen molar-refractivity contribution in [2.45, 2.75) is 70.3 Å². The molecule has 2 fully saturated rings. The zero-order valence-corrected chi connectivity index (χ0v) is 19.6. The fourth-order valence-electron chi connectivity index (χ4n) is 4.80. The van der Waals surface area contributed by atoms with Gasteiger partial charge in [0.05, 0.1) is 16.6 Å². The molecule has 0 radical (unpaired) electrons. The lowest BCUT2D eigenvalue weighted by Crippen LogP contribution is -2.39. The van der Waals surface area contributed by atoms with Gasteiger partial charge >= 0.3 is 6.18 Å². The van der Waals surface area contributed by atoms with Gasteiger partial charge in [-0.3, -0.25) is 4.90 Å². The van der Waals surface area contributed by atoms with Gasteiger partial charge in [-0.15, -0.1) is 0 Å². The van der Waals surface area contributed by atoms with E-state index in [9.17, 15) is 21.6 Å². The van der Waals surface area contributed by atoms with Gasteiger partial charge < -0.3 is 4.74 Å². The Morgan fingerprint density at radius 3 is 2.48 bits per heavy atom. The van der Waals surface area contributed by atoms with Gasteiger partial charge in [0, 0.05) is 25.7 Å². The number of sulfonamides is 1. The molecular weight excluding hydrogens is 453 g/mol. The Kier molecular flexibility index (Phi) is 7.21. The highest BCUT2D eigenvalue weighted by molar-refractivity contribution is 7.93. The lowest BCUT2D eigenvalue weighted by Gasteiger charge is -2.23. The molecule has 1 aromatic carbocycles. The summed E-state index contributed by atoms with van der Waals surface area (Å²) in [4.78, 5) is 1.97. The second-order valence-corrected chi connectivity index (χ2v) is 11.1. The Morgan fingerprint density at radius 2 is 1.82 bits per heavy atom. The van der Waals surface area contributed by atoms with Crippen LogP contribution in [0.5, 0.6) is 5.75 Å². The van der Waals surface area contributed by atoms with Crippen molar-refractivity contribution >= 4 is 10.0 Å². The highest BCUT2D eigenvalue weighted by Crippen LogP contribution is 2.35. The van der Waals surface area contributed by atoms with E-state index in [2.05, 4.69) is 9.62 Å². The first kappa shape index (κ1) is 24.3. The number of nitrogens with zero attached hydrogens (tertiary/aromatic N) is 1. The average molecular weight is 485 g/mol. The number of ether oxygens (including phenoxy) is 1. The molecule has 1 saturated heterocycles. The van der Waals surface area contributed by atoms with Crippen LogP contribution >= 0.6 is 0 Å². The predicted octanol–water partition coefficient (Wildman–Crippen LogP) is 4.91. The molecule has 0 amide bonds. The monoisotopic (exact) mass is 484 g/mol. The van der Waals surface area contributed by atoms with Crippen LogP contribution in [-0.4, -0.2) is 44.7 Å². The number of benzene rings is 1. The molecule has 0 spiro atoms. The molecule has 1 saturated carbocycles. The highest BCUT2D eigenvalue weighted by Gasteiger charge is 2.38. The Bertz CT molecular complexity index is 997. The molecule has 2 unspecified atom stereocenters. The van der Waals surface area contributed by atoms with Crippen LogP contribution in [0.15, 0.2) is 46.9 Å². The fourth-order valence-corrected chi connectivity index (χ4v) is 6.48. The normalized spacial score (nSPS) is 25.2. The third-order valence-electron chi connectivity index (χ3n) is 6.64. The predicted molar refractivity (Wildman–Crippen MR) is 121 cm³/mol. The molecule has 4 rings (SSSR count). The molecule has 0 aromatic heterocycles. The zero-order chi connectivity index (χ0) is 23.6. The number of halogens is 3. The summed E-state index contributed by atoms with van der Waals surface area (Å²) in [6, 6.07) is 7.69. The van der Waals surface area contributed by atoms with Crippen LogP contribution in [0, 0.1) is 5.92 Å². The average Bonchev–Trinajstić information content (AvgIpc) is 3.40. The van der Waals surface area contributed by atoms with Crippen LogP contribution in [0.1, 0.15) is 51.0 Å². The molecule has 33 heavy (non-hydrogen) atoms. The summed E-state index contributed by atoms with van der Waals surface area (Å²) in [7, 11) is -4.00. The van der Waals surface area contributed by atoms with Crippen molar-refractivity contribution in [3.63, 3.8) is 0 Å². The molecule has 182 valence electrons. The highest BCUT2D eigenvalue weighted by atomic mass is 32.2. The Hall–Kier alpha value is -1.84. The topological polar surface area (TPSA) is 58.6 Å². The lowest BCUT2D eigenvalue weighted by molar-refractivity contribution is -0.0887. The van der Waals surface area contributed by atoms with E-state index in [1.807, 2.05) is 24.3 Å². The van der Waals surface area contributed by atoms with Gasteiger partial charge in [0.1, 0.15) is 5.75 Å². The minimum Gasteiger partial charge on any atom is -0.490 e.